The highest BCUT2D eigenvalue weighted by Crippen LogP contribution is 2.01. The predicted octanol–water partition coefficient (Wildman–Crippen LogP) is 3.34. The van der Waals surface area contributed by atoms with Crippen LogP contribution in [0.15, 0.2) is 29.4 Å². The van der Waals surface area contributed by atoms with Gasteiger partial charge in [-0.25, -0.2) is 0 Å². The fraction of sp³-hybridized carbons (Fsp3) is 0.500. The fourth-order valence-corrected chi connectivity index (χ4v) is 0.660. The fourth-order valence-electron chi connectivity index (χ4n) is 0.660. The van der Waals surface area contributed by atoms with Gasteiger partial charge in [-0.2, -0.15) is 0 Å². The van der Waals surface area contributed by atoms with Crippen molar-refractivity contribution in [2.45, 2.75) is 33.1 Å². The summed E-state index contributed by atoms with van der Waals surface area (Å²) >= 11 is 0. The van der Waals surface area contributed by atoms with Crippen LogP contribution in [0.5, 0.6) is 0 Å². The number of rotatable bonds is 5. The van der Waals surface area contributed by atoms with E-state index in [1.165, 1.54) is 0 Å². The second-order valence-electron chi connectivity index (χ2n) is 2.59. The van der Waals surface area contributed by atoms with Gasteiger partial charge in [-0.15, -0.1) is 0 Å². The second-order valence-corrected chi connectivity index (χ2v) is 2.59. The maximum atomic E-state index is 4.14. The molecule has 0 bridgehead atoms. The zero-order valence-corrected chi connectivity index (χ0v) is 7.56. The molecule has 0 radical (unpaired) electrons. The van der Waals surface area contributed by atoms with Crippen LogP contribution in [-0.2, 0) is 0 Å². The van der Waals surface area contributed by atoms with E-state index in [0.717, 1.165) is 30.5 Å². The van der Waals surface area contributed by atoms with Gasteiger partial charge in [-0.05, 0) is 18.4 Å². The summed E-state index contributed by atoms with van der Waals surface area (Å²) in [5.74, 6) is 0. The van der Waals surface area contributed by atoms with Crippen LogP contribution in [0.1, 0.15) is 33.1 Å². The van der Waals surface area contributed by atoms with Crippen molar-refractivity contribution in [3.63, 3.8) is 0 Å². The maximum Gasteiger partial charge on any atom is 0.0329 e. The molecule has 0 saturated carbocycles. The lowest BCUT2D eigenvalue weighted by molar-refractivity contribution is 0.941. The Bertz CT molecular complexity index is 166. The molecule has 0 aliphatic heterocycles. The number of nitrogens with zero attached hydrogens (tertiary/aromatic N) is 1. The van der Waals surface area contributed by atoms with Crippen LogP contribution in [-0.4, -0.2) is 6.21 Å². The van der Waals surface area contributed by atoms with Gasteiger partial charge in [0, 0.05) is 11.9 Å². The quantitative estimate of drug-likeness (QED) is 0.534. The average Bonchev–Trinajstić information content (AvgIpc) is 2.01. The highest BCUT2D eigenvalue weighted by molar-refractivity contribution is 5.78. The standard InChI is InChI=1S/C10H17N/c1-5-7-9(3)8-11-10(4)6-2/h8H,3-7H2,1-2H3. The van der Waals surface area contributed by atoms with Crippen LogP contribution in [0, 0.1) is 0 Å². The first-order valence-corrected chi connectivity index (χ1v) is 4.10. The molecule has 1 heteroatoms. The molecule has 0 amide bonds. The van der Waals surface area contributed by atoms with E-state index in [1.807, 2.05) is 13.1 Å². The molecule has 0 spiro atoms. The van der Waals surface area contributed by atoms with Crippen molar-refractivity contribution in [3.8, 4) is 0 Å². The Morgan fingerprint density at radius 3 is 2.45 bits per heavy atom. The van der Waals surface area contributed by atoms with Crippen LogP contribution in [0.2, 0.25) is 0 Å². The molecule has 0 aromatic heterocycles. The Labute approximate surface area is 69.5 Å². The molecule has 0 saturated heterocycles. The zero-order valence-electron chi connectivity index (χ0n) is 7.56. The van der Waals surface area contributed by atoms with Crippen LogP contribution in [0.4, 0.5) is 0 Å². The number of allylic oxidation sites excluding steroid dienone is 2. The van der Waals surface area contributed by atoms with E-state index in [2.05, 4.69) is 25.1 Å². The van der Waals surface area contributed by atoms with E-state index in [4.69, 9.17) is 0 Å². The summed E-state index contributed by atoms with van der Waals surface area (Å²) in [6.45, 7) is 11.8. The molecule has 0 fully saturated rings. The van der Waals surface area contributed by atoms with Crippen LogP contribution in [0.3, 0.4) is 0 Å². The number of aliphatic imine (C=N–C) groups is 1. The summed E-state index contributed by atoms with van der Waals surface area (Å²) in [4.78, 5) is 4.14. The predicted molar refractivity (Wildman–Crippen MR) is 52.0 cm³/mol. The molecule has 0 heterocycles. The Kier molecular flexibility index (Phi) is 5.44. The van der Waals surface area contributed by atoms with Crippen molar-refractivity contribution in [2.24, 2.45) is 4.99 Å². The summed E-state index contributed by atoms with van der Waals surface area (Å²) in [7, 11) is 0. The van der Waals surface area contributed by atoms with Crippen LogP contribution >= 0.6 is 0 Å². The summed E-state index contributed by atoms with van der Waals surface area (Å²) in [5, 5.41) is 0. The third-order valence-electron chi connectivity index (χ3n) is 1.41. The summed E-state index contributed by atoms with van der Waals surface area (Å²) in [6.07, 6.45) is 4.88. The van der Waals surface area contributed by atoms with Crippen molar-refractivity contribution in [1.82, 2.24) is 0 Å². The van der Waals surface area contributed by atoms with Crippen molar-refractivity contribution < 1.29 is 0 Å². The van der Waals surface area contributed by atoms with Gasteiger partial charge in [0.1, 0.15) is 0 Å². The largest absolute Gasteiger partial charge is 0.262 e. The minimum Gasteiger partial charge on any atom is -0.262 e. The van der Waals surface area contributed by atoms with Crippen LogP contribution < -0.4 is 0 Å². The third-order valence-corrected chi connectivity index (χ3v) is 1.41. The molecule has 0 aliphatic carbocycles. The van der Waals surface area contributed by atoms with Gasteiger partial charge in [0.2, 0.25) is 0 Å². The van der Waals surface area contributed by atoms with Crippen LogP contribution in [0.25, 0.3) is 0 Å². The van der Waals surface area contributed by atoms with E-state index in [1.54, 1.807) is 0 Å². The van der Waals surface area contributed by atoms with E-state index in [9.17, 15) is 0 Å². The lowest BCUT2D eigenvalue weighted by atomic mass is 10.2. The average molecular weight is 151 g/mol. The highest BCUT2D eigenvalue weighted by Gasteiger charge is 1.86. The van der Waals surface area contributed by atoms with Gasteiger partial charge in [0.05, 0.1) is 0 Å². The Hall–Kier alpha value is -0.850. The monoisotopic (exact) mass is 151 g/mol. The van der Waals surface area contributed by atoms with E-state index in [0.29, 0.717) is 0 Å². The van der Waals surface area contributed by atoms with E-state index in [-0.39, 0.29) is 0 Å². The van der Waals surface area contributed by atoms with Gasteiger partial charge < -0.3 is 0 Å². The maximum absolute atomic E-state index is 4.14. The SMILES string of the molecule is C=C(C=NC(=C)CC)CCC. The van der Waals surface area contributed by atoms with Gasteiger partial charge >= 0.3 is 0 Å². The molecule has 11 heavy (non-hydrogen) atoms. The molecule has 62 valence electrons. The van der Waals surface area contributed by atoms with Gasteiger partial charge in [0.25, 0.3) is 0 Å². The summed E-state index contributed by atoms with van der Waals surface area (Å²) < 4.78 is 0. The van der Waals surface area contributed by atoms with E-state index >= 15 is 0 Å². The number of hydrogen-bond donors (Lipinski definition) is 0. The molecule has 0 unspecified atom stereocenters. The minimum atomic E-state index is 0.913. The Balaban J connectivity index is 3.73. The molecular weight excluding hydrogens is 134 g/mol. The normalized spacial score (nSPS) is 10.4. The first-order chi connectivity index (χ1) is 5.20. The van der Waals surface area contributed by atoms with Gasteiger partial charge in [0.15, 0.2) is 0 Å². The molecule has 0 aliphatic rings. The Morgan fingerprint density at radius 1 is 1.36 bits per heavy atom. The lowest BCUT2D eigenvalue weighted by Gasteiger charge is -1.95. The minimum absolute atomic E-state index is 0.913. The second kappa shape index (κ2) is 5.90. The first kappa shape index (κ1) is 10.2. The molecule has 0 aromatic rings. The molecule has 0 aromatic carbocycles. The summed E-state index contributed by atoms with van der Waals surface area (Å²) in [6, 6.07) is 0. The van der Waals surface area contributed by atoms with Crippen molar-refractivity contribution in [2.75, 3.05) is 0 Å². The van der Waals surface area contributed by atoms with Crippen molar-refractivity contribution in [1.29, 1.82) is 0 Å². The number of hydrogen-bond acceptors (Lipinski definition) is 1. The molecule has 1 nitrogen and oxygen atoms in total. The smallest absolute Gasteiger partial charge is 0.0329 e. The molecular formula is C10H17N. The third kappa shape index (κ3) is 5.59. The molecule has 0 N–H and O–H groups in total. The summed E-state index contributed by atoms with van der Waals surface area (Å²) in [5.41, 5.74) is 2.00. The van der Waals surface area contributed by atoms with Gasteiger partial charge in [-0.1, -0.05) is 33.4 Å². The van der Waals surface area contributed by atoms with Crippen molar-refractivity contribution in [3.05, 3.63) is 24.4 Å². The highest BCUT2D eigenvalue weighted by atomic mass is 14.7. The topological polar surface area (TPSA) is 12.4 Å². The molecule has 0 rings (SSSR count). The lowest BCUT2D eigenvalue weighted by Crippen LogP contribution is -1.82. The zero-order chi connectivity index (χ0) is 8.69. The van der Waals surface area contributed by atoms with E-state index < -0.39 is 0 Å². The first-order valence-electron chi connectivity index (χ1n) is 4.10. The van der Waals surface area contributed by atoms with Crippen molar-refractivity contribution >= 4 is 6.21 Å². The molecule has 0 atom stereocenters. The Morgan fingerprint density at radius 2 is 2.00 bits per heavy atom. The van der Waals surface area contributed by atoms with Gasteiger partial charge in [-0.3, -0.25) is 4.99 Å².